The van der Waals surface area contributed by atoms with Gasteiger partial charge in [0.15, 0.2) is 5.16 Å². The zero-order valence-corrected chi connectivity index (χ0v) is 14.5. The molecule has 0 atom stereocenters. The molecule has 134 valence electrons. The van der Waals surface area contributed by atoms with E-state index >= 15 is 0 Å². The lowest BCUT2D eigenvalue weighted by Crippen LogP contribution is -1.97. The first kappa shape index (κ1) is 16.8. The van der Waals surface area contributed by atoms with E-state index in [-0.39, 0.29) is 5.69 Å². The van der Waals surface area contributed by atoms with Gasteiger partial charge in [-0.15, -0.1) is 20.4 Å². The summed E-state index contributed by atoms with van der Waals surface area (Å²) in [6.07, 6.45) is 3.28. The fourth-order valence-electron chi connectivity index (χ4n) is 2.26. The van der Waals surface area contributed by atoms with E-state index in [1.54, 1.807) is 29.2 Å². The van der Waals surface area contributed by atoms with Crippen LogP contribution in [0, 0.1) is 10.1 Å². The van der Waals surface area contributed by atoms with Crippen molar-refractivity contribution in [1.29, 1.82) is 0 Å². The van der Waals surface area contributed by atoms with Crippen molar-refractivity contribution in [2.75, 3.05) is 0 Å². The molecule has 0 unspecified atom stereocenters. The summed E-state index contributed by atoms with van der Waals surface area (Å²) in [4.78, 5) is 14.5. The van der Waals surface area contributed by atoms with Gasteiger partial charge in [0.2, 0.25) is 11.8 Å². The molecule has 3 heterocycles. The highest BCUT2D eigenvalue weighted by Gasteiger charge is 2.13. The lowest BCUT2D eigenvalue weighted by Gasteiger charge is -2.03. The molecule has 0 aliphatic heterocycles. The molecule has 0 amide bonds. The molecule has 27 heavy (non-hydrogen) atoms. The molecule has 0 radical (unpaired) electrons. The van der Waals surface area contributed by atoms with Crippen molar-refractivity contribution in [3.05, 3.63) is 71.0 Å². The van der Waals surface area contributed by atoms with Crippen LogP contribution in [0.5, 0.6) is 0 Å². The Balaban J connectivity index is 1.46. The van der Waals surface area contributed by atoms with E-state index < -0.39 is 4.92 Å². The molecule has 0 aliphatic rings. The molecule has 0 aliphatic carbocycles. The molecule has 0 fully saturated rings. The number of nitro benzene ring substituents is 1. The van der Waals surface area contributed by atoms with Crippen LogP contribution in [0.2, 0.25) is 0 Å². The number of nitro groups is 1. The van der Waals surface area contributed by atoms with Crippen molar-refractivity contribution in [3.63, 3.8) is 0 Å². The molecule has 0 saturated heterocycles. The number of rotatable bonds is 6. The first-order chi connectivity index (χ1) is 13.2. The lowest BCUT2D eigenvalue weighted by molar-refractivity contribution is -0.384. The van der Waals surface area contributed by atoms with Crippen molar-refractivity contribution in [2.24, 2.45) is 0 Å². The van der Waals surface area contributed by atoms with Crippen LogP contribution < -0.4 is 0 Å². The van der Waals surface area contributed by atoms with E-state index in [0.29, 0.717) is 34.1 Å². The maximum atomic E-state index is 10.7. The second kappa shape index (κ2) is 7.33. The fourth-order valence-corrected chi connectivity index (χ4v) is 3.01. The smallest absolute Gasteiger partial charge is 0.269 e. The molecule has 0 saturated carbocycles. The minimum absolute atomic E-state index is 0.00269. The summed E-state index contributed by atoms with van der Waals surface area (Å²) in [6, 6.07) is 11.5. The van der Waals surface area contributed by atoms with Gasteiger partial charge in [-0.2, -0.15) is 0 Å². The van der Waals surface area contributed by atoms with Gasteiger partial charge < -0.3 is 4.42 Å². The van der Waals surface area contributed by atoms with Gasteiger partial charge in [0.1, 0.15) is 12.1 Å². The lowest BCUT2D eigenvalue weighted by atomic mass is 10.2. The number of thioether (sulfide) groups is 1. The Kier molecular flexibility index (Phi) is 4.58. The third-order valence-electron chi connectivity index (χ3n) is 3.53. The fraction of sp³-hybridized carbons (Fsp3) is 0.0625. The summed E-state index contributed by atoms with van der Waals surface area (Å²) in [5.41, 5.74) is 0.615. The van der Waals surface area contributed by atoms with Gasteiger partial charge in [-0.25, -0.2) is 4.98 Å². The van der Waals surface area contributed by atoms with Crippen molar-refractivity contribution in [2.45, 2.75) is 10.9 Å². The Bertz CT molecular complexity index is 1060. The Morgan fingerprint density at radius 2 is 1.96 bits per heavy atom. The predicted molar refractivity (Wildman–Crippen MR) is 95.1 cm³/mol. The topological polar surface area (TPSA) is 126 Å². The summed E-state index contributed by atoms with van der Waals surface area (Å²) in [6.45, 7) is 0. The highest BCUT2D eigenvalue weighted by Crippen LogP contribution is 2.25. The molecule has 0 bridgehead atoms. The average molecular weight is 381 g/mol. The molecular weight excluding hydrogens is 370 g/mol. The molecule has 11 heteroatoms. The maximum Gasteiger partial charge on any atom is 0.269 e. The standard InChI is InChI=1S/C16H11N7O3S/c24-23(25)12-6-4-11(5-7-12)15-20-19-14(26-15)9-27-16-21-18-10-22(16)13-3-1-2-8-17-13/h1-8,10H,9H2. The number of nitrogens with zero attached hydrogens (tertiary/aromatic N) is 7. The highest BCUT2D eigenvalue weighted by molar-refractivity contribution is 7.98. The van der Waals surface area contributed by atoms with E-state index in [1.165, 1.54) is 23.9 Å². The van der Waals surface area contributed by atoms with Crippen molar-refractivity contribution in [3.8, 4) is 17.3 Å². The first-order valence-corrected chi connectivity index (χ1v) is 8.71. The minimum atomic E-state index is -0.461. The van der Waals surface area contributed by atoms with Gasteiger partial charge in [0, 0.05) is 23.9 Å². The van der Waals surface area contributed by atoms with Crippen LogP contribution in [0.3, 0.4) is 0 Å². The predicted octanol–water partition coefficient (Wildman–Crippen LogP) is 2.91. The van der Waals surface area contributed by atoms with E-state index in [1.807, 2.05) is 18.2 Å². The summed E-state index contributed by atoms with van der Waals surface area (Å²) in [5, 5.41) is 27.3. The molecule has 1 aromatic carbocycles. The monoisotopic (exact) mass is 381 g/mol. The van der Waals surface area contributed by atoms with E-state index in [2.05, 4.69) is 25.4 Å². The summed E-state index contributed by atoms with van der Waals surface area (Å²) in [7, 11) is 0. The minimum Gasteiger partial charge on any atom is -0.420 e. The third-order valence-corrected chi connectivity index (χ3v) is 4.46. The second-order valence-electron chi connectivity index (χ2n) is 5.27. The van der Waals surface area contributed by atoms with Gasteiger partial charge in [0.05, 0.1) is 10.7 Å². The highest BCUT2D eigenvalue weighted by atomic mass is 32.2. The van der Waals surface area contributed by atoms with E-state index in [0.717, 1.165) is 0 Å². The number of hydrogen-bond donors (Lipinski definition) is 0. The third kappa shape index (κ3) is 3.67. The molecule has 0 N–H and O–H groups in total. The average Bonchev–Trinajstić information content (AvgIpc) is 3.36. The maximum absolute atomic E-state index is 10.7. The van der Waals surface area contributed by atoms with Crippen LogP contribution >= 0.6 is 11.8 Å². The zero-order chi connectivity index (χ0) is 18.6. The Morgan fingerprint density at radius 3 is 2.70 bits per heavy atom. The summed E-state index contributed by atoms with van der Waals surface area (Å²) < 4.78 is 7.39. The largest absolute Gasteiger partial charge is 0.420 e. The Morgan fingerprint density at radius 1 is 1.11 bits per heavy atom. The molecule has 0 spiro atoms. The van der Waals surface area contributed by atoms with Crippen LogP contribution in [0.15, 0.2) is 64.6 Å². The van der Waals surface area contributed by atoms with E-state index in [4.69, 9.17) is 4.42 Å². The molecule has 3 aromatic heterocycles. The SMILES string of the molecule is O=[N+]([O-])c1ccc(-c2nnc(CSc3nncn3-c3ccccn3)o2)cc1. The number of benzene rings is 1. The van der Waals surface area contributed by atoms with Crippen molar-refractivity contribution < 1.29 is 9.34 Å². The van der Waals surface area contributed by atoms with Gasteiger partial charge in [-0.3, -0.25) is 14.7 Å². The Labute approximate surface area is 156 Å². The normalized spacial score (nSPS) is 10.8. The number of aromatic nitrogens is 6. The van der Waals surface area contributed by atoms with Gasteiger partial charge >= 0.3 is 0 Å². The Hall–Kier alpha value is -3.60. The number of non-ortho nitro benzene ring substituents is 1. The quantitative estimate of drug-likeness (QED) is 0.281. The van der Waals surface area contributed by atoms with Crippen molar-refractivity contribution in [1.82, 2.24) is 29.9 Å². The molecule has 4 rings (SSSR count). The van der Waals surface area contributed by atoms with Gasteiger partial charge in [0.25, 0.3) is 5.69 Å². The zero-order valence-electron chi connectivity index (χ0n) is 13.7. The summed E-state index contributed by atoms with van der Waals surface area (Å²) in [5.74, 6) is 1.81. The molecule has 4 aromatic rings. The van der Waals surface area contributed by atoms with Gasteiger partial charge in [-0.1, -0.05) is 17.8 Å². The van der Waals surface area contributed by atoms with Crippen LogP contribution in [-0.4, -0.2) is 34.9 Å². The molecular formula is C16H11N7O3S. The number of pyridine rings is 1. The number of hydrogen-bond acceptors (Lipinski definition) is 9. The van der Waals surface area contributed by atoms with Crippen LogP contribution in [0.1, 0.15) is 5.89 Å². The van der Waals surface area contributed by atoms with Gasteiger partial charge in [-0.05, 0) is 24.3 Å². The van der Waals surface area contributed by atoms with Crippen LogP contribution in [0.4, 0.5) is 5.69 Å². The van der Waals surface area contributed by atoms with Crippen molar-refractivity contribution >= 4 is 17.4 Å². The first-order valence-electron chi connectivity index (χ1n) is 7.72. The van der Waals surface area contributed by atoms with Crippen LogP contribution in [0.25, 0.3) is 17.3 Å². The molecule has 10 nitrogen and oxygen atoms in total. The second-order valence-corrected chi connectivity index (χ2v) is 6.21. The van der Waals surface area contributed by atoms with Crippen LogP contribution in [-0.2, 0) is 5.75 Å². The summed E-state index contributed by atoms with van der Waals surface area (Å²) >= 11 is 1.38. The van der Waals surface area contributed by atoms with E-state index in [9.17, 15) is 10.1 Å².